The topological polar surface area (TPSA) is 18.5 Å². The van der Waals surface area contributed by atoms with Crippen molar-refractivity contribution < 1.29 is 8.85 Å². The zero-order chi connectivity index (χ0) is 14.0. The Bertz CT molecular complexity index is 179. The van der Waals surface area contributed by atoms with E-state index in [1.54, 1.807) is 0 Å². The van der Waals surface area contributed by atoms with E-state index < -0.39 is 9.28 Å². The third-order valence-corrected chi connectivity index (χ3v) is 6.22. The Morgan fingerprint density at radius 3 is 1.94 bits per heavy atom. The number of rotatable bonds is 11. The van der Waals surface area contributed by atoms with Crippen molar-refractivity contribution in [2.45, 2.75) is 90.2 Å². The molecule has 0 amide bonds. The van der Waals surface area contributed by atoms with Gasteiger partial charge in [0.15, 0.2) is 0 Å². The summed E-state index contributed by atoms with van der Waals surface area (Å²) in [6, 6.07) is 1.02. The summed E-state index contributed by atoms with van der Waals surface area (Å²) in [5.74, 6) is 0. The average Bonchev–Trinajstić information content (AvgIpc) is 2.22. The van der Waals surface area contributed by atoms with Gasteiger partial charge in [-0.15, -0.1) is 0 Å². The lowest BCUT2D eigenvalue weighted by atomic mass is 10.1. The van der Waals surface area contributed by atoms with Gasteiger partial charge in [0, 0.05) is 17.5 Å². The number of hydrogen-bond acceptors (Lipinski definition) is 3. The largest absolute Gasteiger partial charge is 0.394 e. The Kier molecular flexibility index (Phi) is 11.6. The summed E-state index contributed by atoms with van der Waals surface area (Å²) in [6.07, 6.45) is 6.97. The third kappa shape index (κ3) is 11.6. The van der Waals surface area contributed by atoms with Crippen molar-refractivity contribution in [1.82, 2.24) is 0 Å². The van der Waals surface area contributed by atoms with E-state index in [2.05, 4.69) is 34.6 Å². The van der Waals surface area contributed by atoms with Crippen molar-refractivity contribution in [1.29, 1.82) is 0 Å². The van der Waals surface area contributed by atoms with Crippen molar-refractivity contribution in [2.75, 3.05) is 0 Å². The van der Waals surface area contributed by atoms with Crippen LogP contribution in [0.5, 0.6) is 0 Å². The fourth-order valence-electron chi connectivity index (χ4n) is 1.90. The van der Waals surface area contributed by atoms with Crippen molar-refractivity contribution >= 4 is 21.9 Å². The molecule has 0 rings (SSSR count). The van der Waals surface area contributed by atoms with Crippen molar-refractivity contribution in [3.05, 3.63) is 0 Å². The molecule has 1 atom stereocenters. The van der Waals surface area contributed by atoms with Crippen molar-refractivity contribution in [2.24, 2.45) is 0 Å². The lowest BCUT2D eigenvalue weighted by Crippen LogP contribution is -2.31. The van der Waals surface area contributed by atoms with Crippen LogP contribution in [-0.4, -0.2) is 26.7 Å². The summed E-state index contributed by atoms with van der Waals surface area (Å²) in [6.45, 7) is 10.6. The molecule has 110 valence electrons. The molecule has 18 heavy (non-hydrogen) atoms. The second kappa shape index (κ2) is 11.3. The Morgan fingerprint density at radius 2 is 1.50 bits per heavy atom. The van der Waals surface area contributed by atoms with Crippen LogP contribution in [0.25, 0.3) is 0 Å². The first kappa shape index (κ1) is 18.5. The van der Waals surface area contributed by atoms with Crippen LogP contribution in [0, 0.1) is 0 Å². The highest BCUT2D eigenvalue weighted by Gasteiger charge is 2.20. The summed E-state index contributed by atoms with van der Waals surface area (Å²) in [7, 11) is -1.54. The van der Waals surface area contributed by atoms with Crippen LogP contribution in [0.15, 0.2) is 0 Å². The molecule has 0 aromatic carbocycles. The minimum Gasteiger partial charge on any atom is -0.394 e. The standard InChI is InChI=1S/C14H32O2SSi/c1-6-7-8-9-10-14(17)11-18(15-12(2)3)16-13(4)5/h12-14,17-18H,6-11H2,1-5H3. The van der Waals surface area contributed by atoms with E-state index in [1.165, 1.54) is 32.1 Å². The van der Waals surface area contributed by atoms with Crippen LogP contribution in [0.2, 0.25) is 6.04 Å². The molecule has 0 fully saturated rings. The summed E-state index contributed by atoms with van der Waals surface area (Å²) in [5, 5.41) is 0.441. The van der Waals surface area contributed by atoms with Crippen LogP contribution in [-0.2, 0) is 8.85 Å². The first-order valence-corrected chi connectivity index (χ1v) is 9.72. The highest BCUT2D eigenvalue weighted by molar-refractivity contribution is 7.81. The SMILES string of the molecule is CCCCCCC(S)C[SiH](OC(C)C)OC(C)C. The minimum atomic E-state index is -1.54. The van der Waals surface area contributed by atoms with Crippen LogP contribution >= 0.6 is 12.6 Å². The van der Waals surface area contributed by atoms with E-state index in [-0.39, 0.29) is 12.2 Å². The highest BCUT2D eigenvalue weighted by atomic mass is 32.1. The van der Waals surface area contributed by atoms with Crippen molar-refractivity contribution in [3.8, 4) is 0 Å². The molecule has 4 heteroatoms. The first-order chi connectivity index (χ1) is 8.45. The maximum atomic E-state index is 5.93. The van der Waals surface area contributed by atoms with E-state index >= 15 is 0 Å². The molecule has 1 unspecified atom stereocenters. The van der Waals surface area contributed by atoms with Gasteiger partial charge in [-0.25, -0.2) is 0 Å². The highest BCUT2D eigenvalue weighted by Crippen LogP contribution is 2.17. The summed E-state index contributed by atoms with van der Waals surface area (Å²) >= 11 is 4.69. The van der Waals surface area contributed by atoms with Gasteiger partial charge in [-0.2, -0.15) is 12.6 Å². The molecule has 0 aromatic heterocycles. The Morgan fingerprint density at radius 1 is 0.944 bits per heavy atom. The molecule has 0 aliphatic carbocycles. The Hall–Kier alpha value is 0.487. The van der Waals surface area contributed by atoms with Gasteiger partial charge >= 0.3 is 9.28 Å². The van der Waals surface area contributed by atoms with E-state index in [1.807, 2.05) is 0 Å². The summed E-state index contributed by atoms with van der Waals surface area (Å²) in [4.78, 5) is 0. The van der Waals surface area contributed by atoms with E-state index in [0.717, 1.165) is 6.04 Å². The predicted octanol–water partition coefficient (Wildman–Crippen LogP) is 4.33. The minimum absolute atomic E-state index is 0.265. The smallest absolute Gasteiger partial charge is 0.322 e. The van der Waals surface area contributed by atoms with Gasteiger partial charge in [0.2, 0.25) is 0 Å². The fourth-order valence-corrected chi connectivity index (χ4v) is 4.78. The van der Waals surface area contributed by atoms with Crippen LogP contribution in [0.1, 0.15) is 66.7 Å². The molecule has 0 aromatic rings. The van der Waals surface area contributed by atoms with Crippen LogP contribution < -0.4 is 0 Å². The van der Waals surface area contributed by atoms with E-state index in [0.29, 0.717) is 5.25 Å². The number of thiol groups is 1. The maximum absolute atomic E-state index is 5.93. The van der Waals surface area contributed by atoms with E-state index in [9.17, 15) is 0 Å². The van der Waals surface area contributed by atoms with Gasteiger partial charge in [-0.1, -0.05) is 32.6 Å². The molecule has 0 saturated carbocycles. The molecule has 0 saturated heterocycles. The third-order valence-electron chi connectivity index (χ3n) is 2.70. The Labute approximate surface area is 121 Å². The molecular weight excluding hydrogens is 260 g/mol. The molecule has 0 radical (unpaired) electrons. The quantitative estimate of drug-likeness (QED) is 0.347. The molecule has 2 nitrogen and oxygen atoms in total. The average molecular weight is 293 g/mol. The summed E-state index contributed by atoms with van der Waals surface area (Å²) < 4.78 is 11.9. The van der Waals surface area contributed by atoms with Gasteiger partial charge in [0.25, 0.3) is 0 Å². The van der Waals surface area contributed by atoms with Gasteiger partial charge in [0.1, 0.15) is 0 Å². The maximum Gasteiger partial charge on any atom is 0.322 e. The lowest BCUT2D eigenvalue weighted by Gasteiger charge is -2.23. The number of hydrogen-bond donors (Lipinski definition) is 1. The summed E-state index contributed by atoms with van der Waals surface area (Å²) in [5.41, 5.74) is 0. The van der Waals surface area contributed by atoms with Crippen LogP contribution in [0.3, 0.4) is 0 Å². The predicted molar refractivity (Wildman–Crippen MR) is 85.9 cm³/mol. The molecule has 0 aliphatic rings. The molecule has 0 aliphatic heterocycles. The van der Waals surface area contributed by atoms with Gasteiger partial charge in [0.05, 0.1) is 0 Å². The molecule has 0 bridgehead atoms. The number of unbranched alkanes of at least 4 members (excludes halogenated alkanes) is 3. The van der Waals surface area contributed by atoms with Gasteiger partial charge in [-0.05, 0) is 40.2 Å². The first-order valence-electron chi connectivity index (χ1n) is 7.44. The zero-order valence-electron chi connectivity index (χ0n) is 12.8. The molecule has 0 spiro atoms. The second-order valence-corrected chi connectivity index (χ2v) is 8.14. The Balaban J connectivity index is 3.89. The van der Waals surface area contributed by atoms with Gasteiger partial charge < -0.3 is 8.85 Å². The monoisotopic (exact) mass is 292 g/mol. The molecular formula is C14H32O2SSi. The fraction of sp³-hybridized carbons (Fsp3) is 1.00. The van der Waals surface area contributed by atoms with Gasteiger partial charge in [-0.3, -0.25) is 0 Å². The lowest BCUT2D eigenvalue weighted by molar-refractivity contribution is 0.129. The normalized spacial score (nSPS) is 13.8. The molecule has 0 N–H and O–H groups in total. The zero-order valence-corrected chi connectivity index (χ0v) is 14.9. The second-order valence-electron chi connectivity index (χ2n) is 5.54. The molecule has 0 heterocycles. The van der Waals surface area contributed by atoms with Crippen LogP contribution in [0.4, 0.5) is 0 Å². The van der Waals surface area contributed by atoms with Crippen molar-refractivity contribution in [3.63, 3.8) is 0 Å². The van der Waals surface area contributed by atoms with E-state index in [4.69, 9.17) is 21.5 Å².